The van der Waals surface area contributed by atoms with E-state index in [1.807, 2.05) is 0 Å². The number of ether oxygens (including phenoxy) is 3. The summed E-state index contributed by atoms with van der Waals surface area (Å²) in [5.74, 6) is -2.49. The Bertz CT molecular complexity index is 356. The standard InChI is InChI=1S/C12H16O6/c1-4-16-10(13)8-7-9(11(14)17-5-2)12(15)18-6-3/h8H,4-6H2,1-3H3. The lowest BCUT2D eigenvalue weighted by Gasteiger charge is -2.03. The van der Waals surface area contributed by atoms with E-state index in [4.69, 9.17) is 0 Å². The molecule has 0 spiro atoms. The largest absolute Gasteiger partial charge is 0.462 e. The van der Waals surface area contributed by atoms with Gasteiger partial charge in [-0.15, -0.1) is 0 Å². The van der Waals surface area contributed by atoms with E-state index < -0.39 is 23.5 Å². The lowest BCUT2D eigenvalue weighted by atomic mass is 10.3. The zero-order valence-electron chi connectivity index (χ0n) is 10.6. The normalized spacial score (nSPS) is 8.83. The molecule has 0 fully saturated rings. The third-order valence-corrected chi connectivity index (χ3v) is 1.58. The highest BCUT2D eigenvalue weighted by atomic mass is 16.6. The van der Waals surface area contributed by atoms with Crippen molar-refractivity contribution < 1.29 is 28.6 Å². The number of rotatable bonds is 6. The van der Waals surface area contributed by atoms with E-state index in [1.54, 1.807) is 20.8 Å². The van der Waals surface area contributed by atoms with Crippen LogP contribution >= 0.6 is 0 Å². The smallest absolute Gasteiger partial charge is 0.353 e. The van der Waals surface area contributed by atoms with E-state index in [9.17, 15) is 14.4 Å². The number of hydrogen-bond acceptors (Lipinski definition) is 6. The summed E-state index contributed by atoms with van der Waals surface area (Å²) in [6, 6.07) is 0. The zero-order chi connectivity index (χ0) is 14.0. The molecule has 0 atom stereocenters. The van der Waals surface area contributed by atoms with Crippen molar-refractivity contribution in [2.75, 3.05) is 19.8 Å². The average molecular weight is 256 g/mol. The molecule has 0 aliphatic rings. The first kappa shape index (κ1) is 15.9. The molecule has 0 saturated heterocycles. The SMILES string of the molecule is CCOC(=O)C=C=C(C(=O)OCC)C(=O)OCC. The monoisotopic (exact) mass is 256 g/mol. The van der Waals surface area contributed by atoms with Crippen LogP contribution in [0.5, 0.6) is 0 Å². The van der Waals surface area contributed by atoms with Gasteiger partial charge < -0.3 is 14.2 Å². The molecule has 0 amide bonds. The van der Waals surface area contributed by atoms with Crippen LogP contribution in [0.1, 0.15) is 20.8 Å². The first-order valence-electron chi connectivity index (χ1n) is 5.54. The fraction of sp³-hybridized carbons (Fsp3) is 0.500. The molecule has 18 heavy (non-hydrogen) atoms. The molecular weight excluding hydrogens is 240 g/mol. The molecule has 0 aromatic heterocycles. The van der Waals surface area contributed by atoms with Crippen molar-refractivity contribution >= 4 is 17.9 Å². The van der Waals surface area contributed by atoms with Gasteiger partial charge in [-0.1, -0.05) is 5.73 Å². The summed E-state index contributed by atoms with van der Waals surface area (Å²) < 4.78 is 13.9. The molecule has 0 radical (unpaired) electrons. The van der Waals surface area contributed by atoms with Crippen LogP contribution in [0.25, 0.3) is 0 Å². The summed E-state index contributed by atoms with van der Waals surface area (Å²) in [7, 11) is 0. The second kappa shape index (κ2) is 9.01. The second-order valence-corrected chi connectivity index (χ2v) is 2.86. The van der Waals surface area contributed by atoms with Gasteiger partial charge in [-0.2, -0.15) is 0 Å². The molecule has 6 nitrogen and oxygen atoms in total. The van der Waals surface area contributed by atoms with Crippen LogP contribution in [0.2, 0.25) is 0 Å². The van der Waals surface area contributed by atoms with Crippen LogP contribution in [0.15, 0.2) is 17.4 Å². The molecule has 6 heteroatoms. The molecule has 0 bridgehead atoms. The van der Waals surface area contributed by atoms with Crippen LogP contribution < -0.4 is 0 Å². The Balaban J connectivity index is 5.07. The molecule has 0 aromatic rings. The first-order valence-corrected chi connectivity index (χ1v) is 5.54. The van der Waals surface area contributed by atoms with Crippen LogP contribution in [-0.4, -0.2) is 37.7 Å². The Kier molecular flexibility index (Phi) is 7.98. The average Bonchev–Trinajstić information content (AvgIpc) is 2.30. The topological polar surface area (TPSA) is 78.9 Å². The van der Waals surface area contributed by atoms with Gasteiger partial charge in [-0.25, -0.2) is 14.4 Å². The van der Waals surface area contributed by atoms with Gasteiger partial charge in [0.2, 0.25) is 0 Å². The molecule has 0 heterocycles. The minimum absolute atomic E-state index is 0.100. The van der Waals surface area contributed by atoms with Gasteiger partial charge in [0.25, 0.3) is 0 Å². The summed E-state index contributed by atoms with van der Waals surface area (Å²) in [5, 5.41) is 0. The maximum atomic E-state index is 11.4. The molecule has 0 unspecified atom stereocenters. The van der Waals surface area contributed by atoms with Gasteiger partial charge in [0.05, 0.1) is 25.9 Å². The number of hydrogen-bond donors (Lipinski definition) is 0. The van der Waals surface area contributed by atoms with Crippen molar-refractivity contribution in [1.82, 2.24) is 0 Å². The van der Waals surface area contributed by atoms with Gasteiger partial charge in [-0.3, -0.25) is 0 Å². The van der Waals surface area contributed by atoms with Crippen molar-refractivity contribution in [3.05, 3.63) is 17.4 Å². The summed E-state index contributed by atoms with van der Waals surface area (Å²) in [6.45, 7) is 5.20. The highest BCUT2D eigenvalue weighted by Gasteiger charge is 2.20. The molecule has 100 valence electrons. The van der Waals surface area contributed by atoms with E-state index in [1.165, 1.54) is 0 Å². The highest BCUT2D eigenvalue weighted by Crippen LogP contribution is 2.00. The van der Waals surface area contributed by atoms with E-state index in [0.29, 0.717) is 0 Å². The van der Waals surface area contributed by atoms with Crippen LogP contribution in [0.4, 0.5) is 0 Å². The molecule has 0 rings (SSSR count). The van der Waals surface area contributed by atoms with Crippen molar-refractivity contribution in [2.45, 2.75) is 20.8 Å². The fourth-order valence-electron chi connectivity index (χ4n) is 0.923. The first-order chi connectivity index (χ1) is 8.56. The van der Waals surface area contributed by atoms with Crippen molar-refractivity contribution in [1.29, 1.82) is 0 Å². The summed E-state index contributed by atoms with van der Waals surface area (Å²) >= 11 is 0. The van der Waals surface area contributed by atoms with Gasteiger partial charge in [0, 0.05) is 0 Å². The lowest BCUT2D eigenvalue weighted by molar-refractivity contribution is -0.146. The molecule has 0 N–H and O–H groups in total. The van der Waals surface area contributed by atoms with Crippen LogP contribution in [0.3, 0.4) is 0 Å². The maximum Gasteiger partial charge on any atom is 0.353 e. The predicted molar refractivity (Wildman–Crippen MR) is 61.5 cm³/mol. The van der Waals surface area contributed by atoms with E-state index in [0.717, 1.165) is 6.08 Å². The molecule has 0 saturated carbocycles. The van der Waals surface area contributed by atoms with E-state index in [2.05, 4.69) is 19.9 Å². The summed E-state index contributed by atoms with van der Waals surface area (Å²) in [4.78, 5) is 33.9. The highest BCUT2D eigenvalue weighted by molar-refractivity contribution is 6.14. The Labute approximate surface area is 105 Å². The van der Waals surface area contributed by atoms with Crippen LogP contribution in [-0.2, 0) is 28.6 Å². The lowest BCUT2D eigenvalue weighted by Crippen LogP contribution is -2.17. The fourth-order valence-corrected chi connectivity index (χ4v) is 0.923. The summed E-state index contributed by atoms with van der Waals surface area (Å²) in [6.07, 6.45) is 0.854. The Hall–Kier alpha value is -2.07. The molecular formula is C12H16O6. The van der Waals surface area contributed by atoms with Crippen LogP contribution in [0, 0.1) is 0 Å². The van der Waals surface area contributed by atoms with Gasteiger partial charge >= 0.3 is 17.9 Å². The Morgan fingerprint density at radius 2 is 1.33 bits per heavy atom. The van der Waals surface area contributed by atoms with Gasteiger partial charge in [0.1, 0.15) is 0 Å². The minimum Gasteiger partial charge on any atom is -0.462 e. The van der Waals surface area contributed by atoms with Gasteiger partial charge in [0.15, 0.2) is 5.57 Å². The quantitative estimate of drug-likeness (QED) is 0.174. The van der Waals surface area contributed by atoms with E-state index >= 15 is 0 Å². The Morgan fingerprint density at radius 1 is 0.889 bits per heavy atom. The second-order valence-electron chi connectivity index (χ2n) is 2.86. The van der Waals surface area contributed by atoms with E-state index in [-0.39, 0.29) is 19.8 Å². The molecule has 0 aliphatic heterocycles. The van der Waals surface area contributed by atoms with Crippen molar-refractivity contribution in [3.8, 4) is 0 Å². The predicted octanol–water partition coefficient (Wildman–Crippen LogP) is 0.757. The maximum absolute atomic E-state index is 11.4. The minimum atomic E-state index is -0.892. The number of carbonyl (C=O) groups excluding carboxylic acids is 3. The van der Waals surface area contributed by atoms with Gasteiger partial charge in [-0.05, 0) is 20.8 Å². The van der Waals surface area contributed by atoms with Crippen molar-refractivity contribution in [2.24, 2.45) is 0 Å². The Morgan fingerprint density at radius 3 is 1.72 bits per heavy atom. The summed E-state index contributed by atoms with van der Waals surface area (Å²) in [5.41, 5.74) is 1.78. The number of esters is 3. The zero-order valence-corrected chi connectivity index (χ0v) is 10.6. The number of carbonyl (C=O) groups is 3. The molecule has 0 aromatic carbocycles. The third kappa shape index (κ3) is 5.86. The molecule has 0 aliphatic carbocycles. The van der Waals surface area contributed by atoms with Crippen molar-refractivity contribution in [3.63, 3.8) is 0 Å². The third-order valence-electron chi connectivity index (χ3n) is 1.58.